The van der Waals surface area contributed by atoms with Crippen LogP contribution in [-0.2, 0) is 0 Å². The van der Waals surface area contributed by atoms with Crippen molar-refractivity contribution >= 4 is 21.5 Å². The minimum absolute atomic E-state index is 0.0776. The normalized spacial score (nSPS) is 13.8. The minimum Gasteiger partial charge on any atom is -0.379 e. The molecular formula is C16H11F3O. The summed E-state index contributed by atoms with van der Waals surface area (Å²) in [5.41, 5.74) is -0.0776. The first-order chi connectivity index (χ1) is 9.48. The van der Waals surface area contributed by atoms with Crippen LogP contribution in [0.15, 0.2) is 54.6 Å². The Labute approximate surface area is 113 Å². The van der Waals surface area contributed by atoms with Gasteiger partial charge in [-0.2, -0.15) is 13.2 Å². The molecule has 20 heavy (non-hydrogen) atoms. The second-order valence-electron chi connectivity index (χ2n) is 4.68. The number of alkyl halides is 3. The Hall–Kier alpha value is -2.07. The van der Waals surface area contributed by atoms with Crippen molar-refractivity contribution < 1.29 is 18.3 Å². The Morgan fingerprint density at radius 1 is 0.800 bits per heavy atom. The highest BCUT2D eigenvalue weighted by molar-refractivity contribution is 6.02. The number of benzene rings is 3. The molecule has 0 heterocycles. The largest absolute Gasteiger partial charge is 0.418 e. The van der Waals surface area contributed by atoms with Crippen molar-refractivity contribution in [2.24, 2.45) is 0 Å². The molecule has 1 atom stereocenters. The molecule has 0 saturated heterocycles. The van der Waals surface area contributed by atoms with E-state index in [-0.39, 0.29) is 5.56 Å². The van der Waals surface area contributed by atoms with E-state index in [4.69, 9.17) is 0 Å². The lowest BCUT2D eigenvalue weighted by atomic mass is 9.93. The van der Waals surface area contributed by atoms with E-state index in [1.807, 2.05) is 6.07 Å². The maximum atomic E-state index is 12.9. The number of halogens is 3. The molecule has 0 aliphatic heterocycles. The average Bonchev–Trinajstić information content (AvgIpc) is 2.43. The number of hydrogen-bond donors (Lipinski definition) is 1. The smallest absolute Gasteiger partial charge is 0.379 e. The molecule has 0 saturated carbocycles. The third kappa shape index (κ3) is 2.02. The van der Waals surface area contributed by atoms with Crippen LogP contribution in [0.5, 0.6) is 0 Å². The summed E-state index contributed by atoms with van der Waals surface area (Å²) in [5, 5.41) is 12.0. The fourth-order valence-corrected chi connectivity index (χ4v) is 2.51. The maximum absolute atomic E-state index is 12.9. The molecule has 3 rings (SSSR count). The summed E-state index contributed by atoms with van der Waals surface area (Å²) >= 11 is 0. The Kier molecular flexibility index (Phi) is 2.91. The van der Waals surface area contributed by atoms with Crippen LogP contribution >= 0.6 is 0 Å². The van der Waals surface area contributed by atoms with Gasteiger partial charge in [-0.25, -0.2) is 0 Å². The van der Waals surface area contributed by atoms with Gasteiger partial charge in [0.05, 0.1) is 0 Å². The Morgan fingerprint density at radius 3 is 1.70 bits per heavy atom. The van der Waals surface area contributed by atoms with Gasteiger partial charge >= 0.3 is 6.18 Å². The van der Waals surface area contributed by atoms with Gasteiger partial charge in [0.2, 0.25) is 0 Å². The molecule has 0 amide bonds. The molecule has 0 spiro atoms. The van der Waals surface area contributed by atoms with E-state index in [0.29, 0.717) is 21.5 Å². The monoisotopic (exact) mass is 276 g/mol. The van der Waals surface area contributed by atoms with E-state index in [1.165, 1.54) is 0 Å². The number of fused-ring (bicyclic) bond motifs is 2. The van der Waals surface area contributed by atoms with Gasteiger partial charge in [0, 0.05) is 5.56 Å². The van der Waals surface area contributed by atoms with Crippen molar-refractivity contribution in [3.63, 3.8) is 0 Å². The molecule has 0 aliphatic rings. The molecule has 0 bridgehead atoms. The summed E-state index contributed by atoms with van der Waals surface area (Å²) in [6.07, 6.45) is -7.18. The predicted molar refractivity (Wildman–Crippen MR) is 72.5 cm³/mol. The van der Waals surface area contributed by atoms with Crippen LogP contribution in [0.1, 0.15) is 11.7 Å². The predicted octanol–water partition coefficient (Wildman–Crippen LogP) is 4.59. The minimum atomic E-state index is -4.69. The number of aliphatic hydroxyl groups is 1. The molecule has 3 aromatic carbocycles. The Bertz CT molecular complexity index is 723. The zero-order chi connectivity index (χ0) is 14.3. The standard InChI is InChI=1S/C16H11F3O/c17-16(18,19)15(20)14-12-7-3-1-5-10(12)9-11-6-2-4-8-13(11)14/h1-9,15,20H. The van der Waals surface area contributed by atoms with E-state index in [1.54, 1.807) is 48.5 Å². The fourth-order valence-electron chi connectivity index (χ4n) is 2.51. The van der Waals surface area contributed by atoms with Crippen molar-refractivity contribution in [2.75, 3.05) is 0 Å². The van der Waals surface area contributed by atoms with Crippen molar-refractivity contribution in [3.05, 3.63) is 60.2 Å². The lowest BCUT2D eigenvalue weighted by molar-refractivity contribution is -0.205. The molecule has 0 aromatic heterocycles. The molecule has 1 nitrogen and oxygen atoms in total. The lowest BCUT2D eigenvalue weighted by Gasteiger charge is -2.19. The molecule has 1 N–H and O–H groups in total. The zero-order valence-electron chi connectivity index (χ0n) is 10.4. The van der Waals surface area contributed by atoms with E-state index in [2.05, 4.69) is 0 Å². The zero-order valence-corrected chi connectivity index (χ0v) is 10.4. The van der Waals surface area contributed by atoms with Gasteiger partial charge in [0.15, 0.2) is 6.10 Å². The van der Waals surface area contributed by atoms with Crippen molar-refractivity contribution in [1.82, 2.24) is 0 Å². The first-order valence-electron chi connectivity index (χ1n) is 6.13. The molecule has 0 radical (unpaired) electrons. The topological polar surface area (TPSA) is 20.2 Å². The van der Waals surface area contributed by atoms with Gasteiger partial charge in [-0.15, -0.1) is 0 Å². The lowest BCUT2D eigenvalue weighted by Crippen LogP contribution is -2.20. The van der Waals surface area contributed by atoms with Gasteiger partial charge in [-0.05, 0) is 27.6 Å². The highest BCUT2D eigenvalue weighted by Crippen LogP contribution is 2.40. The van der Waals surface area contributed by atoms with Crippen LogP contribution in [0.25, 0.3) is 21.5 Å². The first-order valence-corrected chi connectivity index (χ1v) is 6.13. The van der Waals surface area contributed by atoms with E-state index < -0.39 is 12.3 Å². The Morgan fingerprint density at radius 2 is 1.25 bits per heavy atom. The molecule has 0 aliphatic carbocycles. The summed E-state index contributed by atoms with van der Waals surface area (Å²) < 4.78 is 38.8. The molecule has 102 valence electrons. The SMILES string of the molecule is OC(c1c2ccccc2cc2ccccc12)C(F)(F)F. The first kappa shape index (κ1) is 12.9. The van der Waals surface area contributed by atoms with Gasteiger partial charge in [-0.3, -0.25) is 0 Å². The number of rotatable bonds is 1. The summed E-state index contributed by atoms with van der Waals surface area (Å²) in [6, 6.07) is 15.4. The summed E-state index contributed by atoms with van der Waals surface area (Å²) in [4.78, 5) is 0. The third-order valence-corrected chi connectivity index (χ3v) is 3.40. The molecular weight excluding hydrogens is 265 g/mol. The quantitative estimate of drug-likeness (QED) is 0.644. The summed E-state index contributed by atoms with van der Waals surface area (Å²) in [7, 11) is 0. The number of aliphatic hydroxyl groups excluding tert-OH is 1. The second kappa shape index (κ2) is 4.49. The van der Waals surface area contributed by atoms with Crippen LogP contribution in [0.4, 0.5) is 13.2 Å². The Balaban J connectivity index is 2.45. The number of hydrogen-bond acceptors (Lipinski definition) is 1. The van der Waals surface area contributed by atoms with Crippen LogP contribution in [0, 0.1) is 0 Å². The highest BCUT2D eigenvalue weighted by atomic mass is 19.4. The van der Waals surface area contributed by atoms with Crippen molar-refractivity contribution in [2.45, 2.75) is 12.3 Å². The van der Waals surface area contributed by atoms with Gasteiger partial charge in [0.1, 0.15) is 0 Å². The summed E-state index contributed by atoms with van der Waals surface area (Å²) in [6.45, 7) is 0. The van der Waals surface area contributed by atoms with Gasteiger partial charge in [-0.1, -0.05) is 48.5 Å². The van der Waals surface area contributed by atoms with Crippen molar-refractivity contribution in [3.8, 4) is 0 Å². The summed E-state index contributed by atoms with van der Waals surface area (Å²) in [5.74, 6) is 0. The van der Waals surface area contributed by atoms with Crippen LogP contribution in [0.3, 0.4) is 0 Å². The van der Waals surface area contributed by atoms with E-state index >= 15 is 0 Å². The molecule has 3 aromatic rings. The van der Waals surface area contributed by atoms with E-state index in [0.717, 1.165) is 0 Å². The van der Waals surface area contributed by atoms with Gasteiger partial charge in [0.25, 0.3) is 0 Å². The average molecular weight is 276 g/mol. The maximum Gasteiger partial charge on any atom is 0.418 e. The van der Waals surface area contributed by atoms with Crippen molar-refractivity contribution in [1.29, 1.82) is 0 Å². The fraction of sp³-hybridized carbons (Fsp3) is 0.125. The van der Waals surface area contributed by atoms with E-state index in [9.17, 15) is 18.3 Å². The highest BCUT2D eigenvalue weighted by Gasteiger charge is 2.41. The molecule has 0 fully saturated rings. The van der Waals surface area contributed by atoms with Crippen LogP contribution < -0.4 is 0 Å². The molecule has 1 unspecified atom stereocenters. The third-order valence-electron chi connectivity index (χ3n) is 3.40. The van der Waals surface area contributed by atoms with Gasteiger partial charge < -0.3 is 5.11 Å². The second-order valence-corrected chi connectivity index (χ2v) is 4.68. The van der Waals surface area contributed by atoms with Crippen LogP contribution in [-0.4, -0.2) is 11.3 Å². The van der Waals surface area contributed by atoms with Crippen LogP contribution in [0.2, 0.25) is 0 Å². The molecule has 4 heteroatoms.